The molecule has 0 aliphatic heterocycles. The fourth-order valence-electron chi connectivity index (χ4n) is 1.82. The van der Waals surface area contributed by atoms with Gasteiger partial charge < -0.3 is 4.90 Å². The molecular formula is C14H12IN3S. The Morgan fingerprint density at radius 3 is 2.42 bits per heavy atom. The van der Waals surface area contributed by atoms with Gasteiger partial charge in [0.15, 0.2) is 0 Å². The van der Waals surface area contributed by atoms with Gasteiger partial charge in [0.05, 0.1) is 0 Å². The summed E-state index contributed by atoms with van der Waals surface area (Å²) in [7, 11) is 4.08. The van der Waals surface area contributed by atoms with Crippen molar-refractivity contribution in [1.29, 1.82) is 0 Å². The molecular weight excluding hydrogens is 369 g/mol. The molecule has 0 atom stereocenters. The molecule has 3 rings (SSSR count). The first-order chi connectivity index (χ1) is 9.13. The first-order valence-corrected chi connectivity index (χ1v) is 7.74. The van der Waals surface area contributed by atoms with E-state index in [1.807, 2.05) is 26.2 Å². The average molecular weight is 381 g/mol. The number of anilines is 1. The smallest absolute Gasteiger partial charge is 0.145 e. The van der Waals surface area contributed by atoms with E-state index >= 15 is 0 Å². The number of benzene rings is 1. The summed E-state index contributed by atoms with van der Waals surface area (Å²) in [5.41, 5.74) is 3.30. The highest BCUT2D eigenvalue weighted by molar-refractivity contribution is 14.1. The lowest BCUT2D eigenvalue weighted by molar-refractivity contribution is 1.13. The molecule has 2 heterocycles. The van der Waals surface area contributed by atoms with Crippen molar-refractivity contribution in [2.24, 2.45) is 0 Å². The quantitative estimate of drug-likeness (QED) is 0.496. The molecule has 0 spiro atoms. The van der Waals surface area contributed by atoms with Crippen LogP contribution in [0.3, 0.4) is 0 Å². The van der Waals surface area contributed by atoms with Crippen LogP contribution < -0.4 is 4.90 Å². The average Bonchev–Trinajstić information content (AvgIpc) is 2.81. The van der Waals surface area contributed by atoms with Gasteiger partial charge in [-0.25, -0.2) is 9.97 Å². The number of rotatable bonds is 2. The lowest BCUT2D eigenvalue weighted by Crippen LogP contribution is -2.07. The number of nitrogens with zero attached hydrogens (tertiary/aromatic N) is 3. The van der Waals surface area contributed by atoms with Gasteiger partial charge in [0, 0.05) is 25.3 Å². The first-order valence-electron chi connectivity index (χ1n) is 5.84. The van der Waals surface area contributed by atoms with Crippen molar-refractivity contribution in [1.82, 2.24) is 9.97 Å². The molecule has 0 aliphatic rings. The highest BCUT2D eigenvalue weighted by Gasteiger charge is 2.07. The minimum Gasteiger partial charge on any atom is -0.378 e. The Balaban J connectivity index is 2.03. The Bertz CT molecular complexity index is 719. The topological polar surface area (TPSA) is 29.0 Å². The normalized spacial score (nSPS) is 10.9. The van der Waals surface area contributed by atoms with E-state index in [-0.39, 0.29) is 0 Å². The highest BCUT2D eigenvalue weighted by atomic mass is 127. The van der Waals surface area contributed by atoms with Crippen LogP contribution in [0.1, 0.15) is 0 Å². The number of pyridine rings is 1. The predicted octanol–water partition coefficient (Wildman–Crippen LogP) is 4.03. The third kappa shape index (κ3) is 2.57. The van der Waals surface area contributed by atoms with Crippen LogP contribution in [0, 0.1) is 3.70 Å². The van der Waals surface area contributed by atoms with Gasteiger partial charge in [0.25, 0.3) is 0 Å². The van der Waals surface area contributed by atoms with Gasteiger partial charge in [-0.05, 0) is 59.0 Å². The second-order valence-electron chi connectivity index (χ2n) is 4.42. The largest absolute Gasteiger partial charge is 0.378 e. The van der Waals surface area contributed by atoms with Gasteiger partial charge in [-0.1, -0.05) is 11.3 Å². The molecule has 0 saturated heterocycles. The van der Waals surface area contributed by atoms with Crippen molar-refractivity contribution in [3.8, 4) is 10.6 Å². The van der Waals surface area contributed by atoms with Gasteiger partial charge in [0.2, 0.25) is 0 Å². The SMILES string of the molecule is CN(C)c1ccc(-c2nc3ccc(I)nc3s2)cc1. The number of hydrogen-bond donors (Lipinski definition) is 0. The molecule has 3 nitrogen and oxygen atoms in total. The third-order valence-electron chi connectivity index (χ3n) is 2.85. The minimum absolute atomic E-state index is 0.970. The molecule has 1 aromatic carbocycles. The van der Waals surface area contributed by atoms with Crippen LogP contribution in [0.2, 0.25) is 0 Å². The van der Waals surface area contributed by atoms with Crippen LogP contribution in [0.4, 0.5) is 5.69 Å². The number of aromatic nitrogens is 2. The summed E-state index contributed by atoms with van der Waals surface area (Å²) in [5.74, 6) is 0. The molecule has 0 amide bonds. The van der Waals surface area contributed by atoms with Crippen molar-refractivity contribution < 1.29 is 0 Å². The van der Waals surface area contributed by atoms with E-state index in [9.17, 15) is 0 Å². The lowest BCUT2D eigenvalue weighted by atomic mass is 10.2. The molecule has 2 aromatic heterocycles. The fourth-order valence-corrected chi connectivity index (χ4v) is 3.35. The van der Waals surface area contributed by atoms with Crippen LogP contribution in [0.5, 0.6) is 0 Å². The summed E-state index contributed by atoms with van der Waals surface area (Å²) in [4.78, 5) is 12.2. The number of hydrogen-bond acceptors (Lipinski definition) is 4. The molecule has 0 unspecified atom stereocenters. The summed E-state index contributed by atoms with van der Waals surface area (Å²) in [6, 6.07) is 12.5. The minimum atomic E-state index is 0.970. The Hall–Kier alpha value is -1.21. The monoisotopic (exact) mass is 381 g/mol. The van der Waals surface area contributed by atoms with Crippen LogP contribution >= 0.6 is 33.9 Å². The van der Waals surface area contributed by atoms with Crippen molar-refractivity contribution in [2.45, 2.75) is 0 Å². The van der Waals surface area contributed by atoms with E-state index in [4.69, 9.17) is 0 Å². The van der Waals surface area contributed by atoms with Crippen molar-refractivity contribution >= 4 is 50.0 Å². The van der Waals surface area contributed by atoms with Crippen LogP contribution in [0.25, 0.3) is 20.9 Å². The number of halogens is 1. The standard InChI is InChI=1S/C14H12IN3S/c1-18(2)10-5-3-9(4-6-10)13-16-11-7-8-12(15)17-14(11)19-13/h3-8H,1-2H3. The second kappa shape index (κ2) is 5.05. The zero-order chi connectivity index (χ0) is 13.4. The Morgan fingerprint density at radius 1 is 1.00 bits per heavy atom. The second-order valence-corrected chi connectivity index (χ2v) is 6.50. The molecule has 96 valence electrons. The summed E-state index contributed by atoms with van der Waals surface area (Å²) >= 11 is 3.86. The van der Waals surface area contributed by atoms with Crippen LogP contribution in [-0.2, 0) is 0 Å². The summed E-state index contributed by atoms with van der Waals surface area (Å²) in [6.45, 7) is 0. The van der Waals surface area contributed by atoms with Gasteiger partial charge in [-0.15, -0.1) is 0 Å². The molecule has 3 aromatic rings. The van der Waals surface area contributed by atoms with Crippen LogP contribution in [-0.4, -0.2) is 24.1 Å². The molecule has 0 saturated carbocycles. The van der Waals surface area contributed by atoms with Gasteiger partial charge in [-0.3, -0.25) is 0 Å². The molecule has 19 heavy (non-hydrogen) atoms. The Labute approximate surface area is 129 Å². The Kier molecular flexibility index (Phi) is 3.40. The molecule has 0 radical (unpaired) electrons. The van der Waals surface area contributed by atoms with Crippen molar-refractivity contribution in [2.75, 3.05) is 19.0 Å². The van der Waals surface area contributed by atoms with Crippen molar-refractivity contribution in [3.63, 3.8) is 0 Å². The summed E-state index contributed by atoms with van der Waals surface area (Å²) < 4.78 is 1.00. The predicted molar refractivity (Wildman–Crippen MR) is 89.9 cm³/mol. The first kappa shape index (κ1) is 12.8. The molecule has 0 aliphatic carbocycles. The molecule has 5 heteroatoms. The van der Waals surface area contributed by atoms with E-state index < -0.39 is 0 Å². The maximum absolute atomic E-state index is 4.64. The third-order valence-corrected chi connectivity index (χ3v) is 4.47. The van der Waals surface area contributed by atoms with E-state index in [1.54, 1.807) is 11.3 Å². The van der Waals surface area contributed by atoms with Gasteiger partial charge in [-0.2, -0.15) is 0 Å². The molecule has 0 bridgehead atoms. The number of thiazole rings is 1. The summed E-state index contributed by atoms with van der Waals surface area (Å²) in [5, 5.41) is 1.02. The fraction of sp³-hybridized carbons (Fsp3) is 0.143. The zero-order valence-corrected chi connectivity index (χ0v) is 13.6. The molecule has 0 N–H and O–H groups in total. The lowest BCUT2D eigenvalue weighted by Gasteiger charge is -2.11. The maximum atomic E-state index is 4.64. The van der Waals surface area contributed by atoms with Gasteiger partial charge in [0.1, 0.15) is 19.1 Å². The van der Waals surface area contributed by atoms with E-state index in [0.29, 0.717) is 0 Å². The highest BCUT2D eigenvalue weighted by Crippen LogP contribution is 2.30. The molecule has 0 fully saturated rings. The number of fused-ring (bicyclic) bond motifs is 1. The Morgan fingerprint density at radius 2 is 1.74 bits per heavy atom. The van der Waals surface area contributed by atoms with Crippen molar-refractivity contribution in [3.05, 3.63) is 40.1 Å². The van der Waals surface area contributed by atoms with Crippen LogP contribution in [0.15, 0.2) is 36.4 Å². The zero-order valence-electron chi connectivity index (χ0n) is 10.6. The van der Waals surface area contributed by atoms with E-state index in [1.165, 1.54) is 5.69 Å². The van der Waals surface area contributed by atoms with Gasteiger partial charge >= 0.3 is 0 Å². The van der Waals surface area contributed by atoms with E-state index in [0.717, 1.165) is 24.6 Å². The maximum Gasteiger partial charge on any atom is 0.145 e. The van der Waals surface area contributed by atoms with E-state index in [2.05, 4.69) is 61.7 Å². The summed E-state index contributed by atoms with van der Waals surface area (Å²) in [6.07, 6.45) is 0.